The number of nitrogens with two attached hydrogens (primary N) is 1. The Balaban J connectivity index is 0.00000242. The van der Waals surface area contributed by atoms with Gasteiger partial charge in [-0.15, -0.1) is 12.4 Å². The van der Waals surface area contributed by atoms with E-state index in [9.17, 15) is 4.79 Å². The Labute approximate surface area is 137 Å². The lowest BCUT2D eigenvalue weighted by Gasteiger charge is -2.22. The minimum absolute atomic E-state index is 0. The van der Waals surface area contributed by atoms with Crippen molar-refractivity contribution < 1.29 is 9.53 Å². The van der Waals surface area contributed by atoms with Crippen LogP contribution in [0.2, 0.25) is 0 Å². The van der Waals surface area contributed by atoms with Crippen LogP contribution in [0.5, 0.6) is 5.75 Å². The molecule has 0 aromatic heterocycles. The molecule has 0 radical (unpaired) electrons. The summed E-state index contributed by atoms with van der Waals surface area (Å²) < 4.78 is 5.14. The van der Waals surface area contributed by atoms with Crippen LogP contribution in [-0.2, 0) is 11.2 Å². The fourth-order valence-electron chi connectivity index (χ4n) is 2.16. The molecule has 0 aliphatic heterocycles. The molecule has 0 bridgehead atoms. The Morgan fingerprint density at radius 3 is 2.27 bits per heavy atom. The molecule has 22 heavy (non-hydrogen) atoms. The summed E-state index contributed by atoms with van der Waals surface area (Å²) in [7, 11) is 1.62. The molecule has 0 unspecified atom stereocenters. The molecule has 0 saturated carbocycles. The van der Waals surface area contributed by atoms with Crippen LogP contribution in [0.1, 0.15) is 5.56 Å². The Morgan fingerprint density at radius 2 is 1.73 bits per heavy atom. The van der Waals surface area contributed by atoms with Crippen LogP contribution in [0, 0.1) is 0 Å². The van der Waals surface area contributed by atoms with Crippen molar-refractivity contribution in [2.75, 3.05) is 25.1 Å². The van der Waals surface area contributed by atoms with Gasteiger partial charge in [0, 0.05) is 12.2 Å². The molecule has 2 aromatic rings. The summed E-state index contributed by atoms with van der Waals surface area (Å²) in [6, 6.07) is 17.5. The third-order valence-electron chi connectivity index (χ3n) is 3.33. The number of carbonyl (C=O) groups excluding carboxylic acids is 1. The smallest absolute Gasteiger partial charge is 0.240 e. The van der Waals surface area contributed by atoms with Crippen LogP contribution in [0.4, 0.5) is 5.69 Å². The van der Waals surface area contributed by atoms with E-state index in [2.05, 4.69) is 12.1 Å². The van der Waals surface area contributed by atoms with Crippen molar-refractivity contribution in [3.63, 3.8) is 0 Å². The Bertz CT molecular complexity index is 573. The highest BCUT2D eigenvalue weighted by molar-refractivity contribution is 5.94. The molecule has 0 atom stereocenters. The maximum atomic E-state index is 12.1. The SMILES string of the molecule is COc1ccc(N(CCc2ccccc2)C(=O)CN)cc1.Cl. The number of hydrogen-bond donors (Lipinski definition) is 1. The summed E-state index contributed by atoms with van der Waals surface area (Å²) >= 11 is 0. The summed E-state index contributed by atoms with van der Waals surface area (Å²) in [5, 5.41) is 0. The first-order valence-corrected chi connectivity index (χ1v) is 6.93. The van der Waals surface area contributed by atoms with Gasteiger partial charge in [-0.3, -0.25) is 4.79 Å². The minimum Gasteiger partial charge on any atom is -0.497 e. The van der Waals surface area contributed by atoms with Gasteiger partial charge >= 0.3 is 0 Å². The highest BCUT2D eigenvalue weighted by atomic mass is 35.5. The number of anilines is 1. The van der Waals surface area contributed by atoms with E-state index >= 15 is 0 Å². The number of nitrogens with zero attached hydrogens (tertiary/aromatic N) is 1. The molecule has 0 spiro atoms. The predicted molar refractivity (Wildman–Crippen MR) is 91.8 cm³/mol. The lowest BCUT2D eigenvalue weighted by molar-refractivity contribution is -0.117. The summed E-state index contributed by atoms with van der Waals surface area (Å²) in [6.07, 6.45) is 0.790. The molecule has 118 valence electrons. The van der Waals surface area contributed by atoms with E-state index in [1.165, 1.54) is 5.56 Å². The van der Waals surface area contributed by atoms with Gasteiger partial charge in [0.1, 0.15) is 5.75 Å². The van der Waals surface area contributed by atoms with E-state index in [-0.39, 0.29) is 24.9 Å². The lowest BCUT2D eigenvalue weighted by atomic mass is 10.1. The topological polar surface area (TPSA) is 55.6 Å². The van der Waals surface area contributed by atoms with Crippen molar-refractivity contribution >= 4 is 24.0 Å². The fraction of sp³-hybridized carbons (Fsp3) is 0.235. The lowest BCUT2D eigenvalue weighted by Crippen LogP contribution is -2.37. The number of rotatable bonds is 6. The van der Waals surface area contributed by atoms with Gasteiger partial charge in [0.2, 0.25) is 5.91 Å². The van der Waals surface area contributed by atoms with Gasteiger partial charge < -0.3 is 15.4 Å². The first kappa shape index (κ1) is 18.0. The van der Waals surface area contributed by atoms with E-state index in [0.717, 1.165) is 17.9 Å². The largest absolute Gasteiger partial charge is 0.497 e. The first-order valence-electron chi connectivity index (χ1n) is 6.93. The molecule has 0 aliphatic rings. The summed E-state index contributed by atoms with van der Waals surface area (Å²) in [5.41, 5.74) is 7.55. The number of halogens is 1. The summed E-state index contributed by atoms with van der Waals surface area (Å²) in [6.45, 7) is 0.604. The highest BCUT2D eigenvalue weighted by Crippen LogP contribution is 2.19. The second-order valence-electron chi connectivity index (χ2n) is 4.68. The average Bonchev–Trinajstić information content (AvgIpc) is 2.56. The van der Waals surface area contributed by atoms with E-state index in [1.807, 2.05) is 42.5 Å². The molecular formula is C17H21ClN2O2. The van der Waals surface area contributed by atoms with E-state index in [4.69, 9.17) is 10.5 Å². The van der Waals surface area contributed by atoms with Crippen molar-refractivity contribution in [3.05, 3.63) is 60.2 Å². The standard InChI is InChI=1S/C17H20N2O2.ClH/c1-21-16-9-7-15(8-10-16)19(17(20)13-18)12-11-14-5-3-2-4-6-14;/h2-10H,11-13,18H2,1H3;1H. The van der Waals surface area contributed by atoms with Gasteiger partial charge in [0.15, 0.2) is 0 Å². The quantitative estimate of drug-likeness (QED) is 0.890. The van der Waals surface area contributed by atoms with Gasteiger partial charge in [-0.25, -0.2) is 0 Å². The van der Waals surface area contributed by atoms with Gasteiger partial charge in [0.25, 0.3) is 0 Å². The normalized spacial score (nSPS) is 9.73. The Morgan fingerprint density at radius 1 is 1.09 bits per heavy atom. The molecule has 0 aliphatic carbocycles. The van der Waals surface area contributed by atoms with Gasteiger partial charge in [-0.1, -0.05) is 30.3 Å². The number of ether oxygens (including phenoxy) is 1. The van der Waals surface area contributed by atoms with Gasteiger partial charge in [-0.05, 0) is 36.2 Å². The highest BCUT2D eigenvalue weighted by Gasteiger charge is 2.14. The van der Waals surface area contributed by atoms with E-state index in [0.29, 0.717) is 6.54 Å². The monoisotopic (exact) mass is 320 g/mol. The van der Waals surface area contributed by atoms with Gasteiger partial charge in [-0.2, -0.15) is 0 Å². The zero-order valence-corrected chi connectivity index (χ0v) is 13.4. The molecular weight excluding hydrogens is 300 g/mol. The van der Waals surface area contributed by atoms with Crippen molar-refractivity contribution in [1.29, 1.82) is 0 Å². The number of methoxy groups -OCH3 is 1. The van der Waals surface area contributed by atoms with Gasteiger partial charge in [0.05, 0.1) is 13.7 Å². The Hall–Kier alpha value is -2.04. The van der Waals surface area contributed by atoms with Crippen molar-refractivity contribution in [3.8, 4) is 5.75 Å². The molecule has 2 rings (SSSR count). The minimum atomic E-state index is -0.0869. The predicted octanol–water partition coefficient (Wildman–Crippen LogP) is 2.65. The molecule has 2 N–H and O–H groups in total. The molecule has 5 heteroatoms. The van der Waals surface area contributed by atoms with Crippen LogP contribution in [0.3, 0.4) is 0 Å². The second-order valence-corrected chi connectivity index (χ2v) is 4.68. The maximum Gasteiger partial charge on any atom is 0.240 e. The van der Waals surface area contributed by atoms with Crippen molar-refractivity contribution in [2.45, 2.75) is 6.42 Å². The zero-order chi connectivity index (χ0) is 15.1. The average molecular weight is 321 g/mol. The Kier molecular flexibility index (Phi) is 7.43. The summed E-state index contributed by atoms with van der Waals surface area (Å²) in [4.78, 5) is 13.8. The summed E-state index contributed by atoms with van der Waals surface area (Å²) in [5.74, 6) is 0.679. The molecule has 4 nitrogen and oxygen atoms in total. The third kappa shape index (κ3) is 4.76. The molecule has 1 amide bonds. The molecule has 0 fully saturated rings. The van der Waals surface area contributed by atoms with Crippen LogP contribution in [-0.4, -0.2) is 26.1 Å². The third-order valence-corrected chi connectivity index (χ3v) is 3.33. The zero-order valence-electron chi connectivity index (χ0n) is 12.6. The first-order chi connectivity index (χ1) is 10.2. The maximum absolute atomic E-state index is 12.1. The van der Waals surface area contributed by atoms with Crippen LogP contribution in [0.25, 0.3) is 0 Å². The van der Waals surface area contributed by atoms with Crippen molar-refractivity contribution in [1.82, 2.24) is 0 Å². The molecule has 2 aromatic carbocycles. The van der Waals surface area contributed by atoms with Crippen molar-refractivity contribution in [2.24, 2.45) is 5.73 Å². The fourth-order valence-corrected chi connectivity index (χ4v) is 2.16. The molecule has 0 saturated heterocycles. The molecule has 0 heterocycles. The number of amides is 1. The van der Waals surface area contributed by atoms with Crippen LogP contribution < -0.4 is 15.4 Å². The number of benzene rings is 2. The second kappa shape index (κ2) is 9.07. The van der Waals surface area contributed by atoms with E-state index in [1.54, 1.807) is 12.0 Å². The van der Waals surface area contributed by atoms with Crippen LogP contribution in [0.15, 0.2) is 54.6 Å². The number of carbonyl (C=O) groups is 1. The van der Waals surface area contributed by atoms with Crippen LogP contribution >= 0.6 is 12.4 Å². The van der Waals surface area contributed by atoms with E-state index < -0.39 is 0 Å². The number of hydrogen-bond acceptors (Lipinski definition) is 3.